The summed E-state index contributed by atoms with van der Waals surface area (Å²) in [6.07, 6.45) is 3.13. The molecule has 2 aromatic heterocycles. The summed E-state index contributed by atoms with van der Waals surface area (Å²) in [5, 5.41) is 0.819. The second-order valence-electron chi connectivity index (χ2n) is 6.90. The number of aromatic amines is 1. The lowest BCUT2D eigenvalue weighted by Gasteiger charge is -2.23. The van der Waals surface area contributed by atoms with E-state index >= 15 is 0 Å². The number of methoxy groups -OCH3 is 2. The van der Waals surface area contributed by atoms with Crippen molar-refractivity contribution in [2.75, 3.05) is 19.1 Å². The van der Waals surface area contributed by atoms with Crippen LogP contribution in [-0.4, -0.2) is 30.1 Å². The molecule has 1 amide bonds. The summed E-state index contributed by atoms with van der Waals surface area (Å²) in [6, 6.07) is 17.6. The van der Waals surface area contributed by atoms with Crippen LogP contribution in [0.1, 0.15) is 15.9 Å². The molecule has 0 fully saturated rings. The number of anilines is 1. The van der Waals surface area contributed by atoms with Gasteiger partial charge in [0.15, 0.2) is 0 Å². The maximum Gasteiger partial charge on any atom is 0.258 e. The van der Waals surface area contributed by atoms with Crippen LogP contribution in [0.4, 0.5) is 5.69 Å². The smallest absolute Gasteiger partial charge is 0.258 e. The van der Waals surface area contributed by atoms with Gasteiger partial charge in [-0.25, -0.2) is 0 Å². The number of H-pyrrole nitrogens is 1. The van der Waals surface area contributed by atoms with Crippen LogP contribution in [0.25, 0.3) is 10.9 Å². The Morgan fingerprint density at radius 2 is 1.61 bits per heavy atom. The highest BCUT2D eigenvalue weighted by atomic mass is 16.5. The fourth-order valence-corrected chi connectivity index (χ4v) is 3.34. The van der Waals surface area contributed by atoms with Gasteiger partial charge in [0, 0.05) is 40.1 Å². The number of carbonyl (C=O) groups is 1. The maximum atomic E-state index is 13.3. The summed E-state index contributed by atoms with van der Waals surface area (Å²) < 4.78 is 10.5. The molecule has 7 heteroatoms. The fraction of sp³-hybridized carbons (Fsp3) is 0.125. The summed E-state index contributed by atoms with van der Waals surface area (Å²) >= 11 is 0. The number of hydrogen-bond donors (Lipinski definition) is 1. The lowest BCUT2D eigenvalue weighted by atomic mass is 10.1. The summed E-state index contributed by atoms with van der Waals surface area (Å²) in [7, 11) is 3.17. The van der Waals surface area contributed by atoms with Crippen molar-refractivity contribution in [1.82, 2.24) is 9.97 Å². The molecule has 4 aromatic rings. The number of pyridine rings is 2. The minimum atomic E-state index is -0.251. The van der Waals surface area contributed by atoms with E-state index < -0.39 is 0 Å². The molecule has 7 nitrogen and oxygen atoms in total. The molecular weight excluding hydrogens is 394 g/mol. The number of hydrogen-bond acceptors (Lipinski definition) is 5. The minimum Gasteiger partial charge on any atom is -0.497 e. The van der Waals surface area contributed by atoms with Gasteiger partial charge in [0.05, 0.1) is 20.8 Å². The first-order valence-corrected chi connectivity index (χ1v) is 9.65. The van der Waals surface area contributed by atoms with Gasteiger partial charge in [0.2, 0.25) is 0 Å². The molecule has 0 aliphatic carbocycles. The number of carbonyl (C=O) groups excluding carboxylic acids is 1. The molecule has 31 heavy (non-hydrogen) atoms. The molecule has 156 valence electrons. The van der Waals surface area contributed by atoms with Crippen LogP contribution in [0.2, 0.25) is 0 Å². The average molecular weight is 415 g/mol. The number of rotatable bonds is 6. The first-order valence-electron chi connectivity index (χ1n) is 9.65. The molecular formula is C24H21N3O4. The number of fused-ring (bicyclic) bond motifs is 1. The molecule has 0 atom stereocenters. The van der Waals surface area contributed by atoms with Crippen molar-refractivity contribution in [1.29, 1.82) is 0 Å². The van der Waals surface area contributed by atoms with Crippen molar-refractivity contribution in [3.05, 3.63) is 94.5 Å². The van der Waals surface area contributed by atoms with E-state index in [0.29, 0.717) is 33.8 Å². The summed E-state index contributed by atoms with van der Waals surface area (Å²) in [5.74, 6) is 1.12. The Kier molecular flexibility index (Phi) is 5.66. The normalized spacial score (nSPS) is 10.6. The predicted molar refractivity (Wildman–Crippen MR) is 119 cm³/mol. The molecule has 1 N–H and O–H groups in total. The van der Waals surface area contributed by atoms with Crippen LogP contribution in [0, 0.1) is 0 Å². The minimum absolute atomic E-state index is 0.0932. The third-order valence-corrected chi connectivity index (χ3v) is 5.01. The highest BCUT2D eigenvalue weighted by Crippen LogP contribution is 2.24. The number of nitrogens with one attached hydrogen (secondary N) is 1. The zero-order valence-electron chi connectivity index (χ0n) is 17.2. The quantitative estimate of drug-likeness (QED) is 0.518. The van der Waals surface area contributed by atoms with Gasteiger partial charge in [-0.15, -0.1) is 0 Å². The third-order valence-electron chi connectivity index (χ3n) is 5.01. The SMILES string of the molecule is COc1ccc(N(Cc2cc3cc(OC)ccc3[nH]c2=O)C(=O)c2ccncc2)cc1. The molecule has 0 aliphatic rings. The zero-order valence-corrected chi connectivity index (χ0v) is 17.2. The van der Waals surface area contributed by atoms with Crippen LogP contribution >= 0.6 is 0 Å². The summed E-state index contributed by atoms with van der Waals surface area (Å²) in [5.41, 5.74) is 2.03. The van der Waals surface area contributed by atoms with Crippen molar-refractivity contribution in [2.24, 2.45) is 0 Å². The van der Waals surface area contributed by atoms with E-state index in [9.17, 15) is 9.59 Å². The molecule has 0 saturated heterocycles. The molecule has 4 rings (SSSR count). The molecule has 0 unspecified atom stereocenters. The van der Waals surface area contributed by atoms with Crippen molar-refractivity contribution >= 4 is 22.5 Å². The standard InChI is InChI=1S/C24H21N3O4/c1-30-20-5-3-19(4-6-20)27(24(29)16-9-11-25-12-10-16)15-18-13-17-14-21(31-2)7-8-22(17)26-23(18)28/h3-14H,15H2,1-2H3,(H,26,28). The Labute approximate surface area is 178 Å². The first-order chi connectivity index (χ1) is 15.1. The Bertz CT molecular complexity index is 1270. The predicted octanol–water partition coefficient (Wildman–Crippen LogP) is 3.79. The Morgan fingerprint density at radius 1 is 0.935 bits per heavy atom. The molecule has 2 heterocycles. The second kappa shape index (κ2) is 8.71. The highest BCUT2D eigenvalue weighted by molar-refractivity contribution is 6.06. The number of ether oxygens (including phenoxy) is 2. The maximum absolute atomic E-state index is 13.3. The number of aromatic nitrogens is 2. The van der Waals surface area contributed by atoms with Crippen molar-refractivity contribution < 1.29 is 14.3 Å². The van der Waals surface area contributed by atoms with E-state index in [1.54, 1.807) is 86.1 Å². The Hall–Kier alpha value is -4.13. The molecule has 2 aromatic carbocycles. The topological polar surface area (TPSA) is 84.5 Å². The lowest BCUT2D eigenvalue weighted by molar-refractivity contribution is 0.0985. The van der Waals surface area contributed by atoms with Gasteiger partial charge in [-0.2, -0.15) is 0 Å². The molecule has 0 saturated carbocycles. The van der Waals surface area contributed by atoms with Gasteiger partial charge in [-0.3, -0.25) is 14.6 Å². The molecule has 0 aliphatic heterocycles. The van der Waals surface area contributed by atoms with E-state index in [2.05, 4.69) is 9.97 Å². The van der Waals surface area contributed by atoms with E-state index in [1.807, 2.05) is 6.07 Å². The van der Waals surface area contributed by atoms with Gasteiger partial charge in [-0.05, 0) is 60.7 Å². The molecule has 0 bridgehead atoms. The monoisotopic (exact) mass is 415 g/mol. The number of nitrogens with zero attached hydrogens (tertiary/aromatic N) is 2. The van der Waals surface area contributed by atoms with Crippen LogP contribution in [0.15, 0.2) is 77.9 Å². The van der Waals surface area contributed by atoms with Crippen LogP contribution in [-0.2, 0) is 6.54 Å². The second-order valence-corrected chi connectivity index (χ2v) is 6.90. The average Bonchev–Trinajstić information content (AvgIpc) is 2.82. The largest absolute Gasteiger partial charge is 0.497 e. The molecule has 0 radical (unpaired) electrons. The Morgan fingerprint density at radius 3 is 2.29 bits per heavy atom. The van der Waals surface area contributed by atoms with Crippen molar-refractivity contribution in [2.45, 2.75) is 6.54 Å². The number of benzene rings is 2. The third kappa shape index (κ3) is 4.25. The van der Waals surface area contributed by atoms with Crippen molar-refractivity contribution in [3.63, 3.8) is 0 Å². The van der Waals surface area contributed by atoms with Crippen LogP contribution in [0.3, 0.4) is 0 Å². The van der Waals surface area contributed by atoms with E-state index in [4.69, 9.17) is 9.47 Å². The van der Waals surface area contributed by atoms with Crippen molar-refractivity contribution in [3.8, 4) is 11.5 Å². The van der Waals surface area contributed by atoms with Gasteiger partial charge < -0.3 is 19.4 Å². The van der Waals surface area contributed by atoms with Gasteiger partial charge in [0.25, 0.3) is 11.5 Å². The summed E-state index contributed by atoms with van der Waals surface area (Å²) in [4.78, 5) is 34.5. The van der Waals surface area contributed by atoms with E-state index in [1.165, 1.54) is 0 Å². The molecule has 0 spiro atoms. The highest BCUT2D eigenvalue weighted by Gasteiger charge is 2.20. The van der Waals surface area contributed by atoms with E-state index in [-0.39, 0.29) is 18.0 Å². The Balaban J connectivity index is 1.77. The zero-order chi connectivity index (χ0) is 21.8. The first kappa shape index (κ1) is 20.2. The van der Waals surface area contributed by atoms with Crippen LogP contribution in [0.5, 0.6) is 11.5 Å². The van der Waals surface area contributed by atoms with E-state index in [0.717, 1.165) is 5.39 Å². The lowest BCUT2D eigenvalue weighted by Crippen LogP contribution is -2.32. The fourth-order valence-electron chi connectivity index (χ4n) is 3.34. The number of amides is 1. The van der Waals surface area contributed by atoms with Gasteiger partial charge in [0.1, 0.15) is 11.5 Å². The van der Waals surface area contributed by atoms with Gasteiger partial charge in [-0.1, -0.05) is 0 Å². The summed E-state index contributed by atoms with van der Waals surface area (Å²) in [6.45, 7) is 0.0932. The van der Waals surface area contributed by atoms with Gasteiger partial charge >= 0.3 is 0 Å². The van der Waals surface area contributed by atoms with Crippen LogP contribution < -0.4 is 19.9 Å².